The molecule has 0 bridgehead atoms. The van der Waals surface area contributed by atoms with Crippen LogP contribution in [0.25, 0.3) is 0 Å². The molecule has 33 heavy (non-hydrogen) atoms. The summed E-state index contributed by atoms with van der Waals surface area (Å²) in [5.41, 5.74) is -1.41. The number of rotatable bonds is 8. The predicted molar refractivity (Wildman–Crippen MR) is 119 cm³/mol. The van der Waals surface area contributed by atoms with E-state index in [1.54, 1.807) is 44.2 Å². The molecule has 3 rings (SSSR count). The van der Waals surface area contributed by atoms with Gasteiger partial charge in [0.2, 0.25) is 5.41 Å². The van der Waals surface area contributed by atoms with E-state index in [0.717, 1.165) is 0 Å². The van der Waals surface area contributed by atoms with Crippen LogP contribution in [-0.4, -0.2) is 41.6 Å². The van der Waals surface area contributed by atoms with Gasteiger partial charge in [-0.1, -0.05) is 30.3 Å². The van der Waals surface area contributed by atoms with Crippen LogP contribution in [0, 0.1) is 21.4 Å². The lowest BCUT2D eigenvalue weighted by atomic mass is 9.67. The zero-order valence-corrected chi connectivity index (χ0v) is 18.5. The van der Waals surface area contributed by atoms with Crippen LogP contribution < -0.4 is 0 Å². The SMILES string of the molecule is CCOC(=O)C1(C(=O)OCC)C(C)=N[C@@H](c2ccccc2)[C@H]1C(=O)c1ccc([N+](=O)[O-])cc1. The number of nitro benzene ring substituents is 1. The highest BCUT2D eigenvalue weighted by atomic mass is 16.6. The Morgan fingerprint density at radius 1 is 0.970 bits per heavy atom. The molecule has 1 aliphatic heterocycles. The standard InChI is InChI=1S/C24H24N2O7/c1-4-32-22(28)24(23(29)33-5-2)15(3)25-20(16-9-7-6-8-10-16)19(24)21(27)17-11-13-18(14-12-17)26(30)31/h6-14,19-20H,4-5H2,1-3H3/t19-,20-/m0/s1. The Bertz CT molecular complexity index is 1080. The third-order valence-corrected chi connectivity index (χ3v) is 5.67. The molecule has 2 aromatic carbocycles. The van der Waals surface area contributed by atoms with Gasteiger partial charge in [0, 0.05) is 23.4 Å². The molecule has 0 saturated heterocycles. The summed E-state index contributed by atoms with van der Waals surface area (Å²) < 4.78 is 10.5. The van der Waals surface area contributed by atoms with Crippen molar-refractivity contribution >= 4 is 29.1 Å². The number of carbonyl (C=O) groups excluding carboxylic acids is 3. The molecule has 2 aromatic rings. The zero-order valence-electron chi connectivity index (χ0n) is 18.5. The molecule has 0 radical (unpaired) electrons. The summed E-state index contributed by atoms with van der Waals surface area (Å²) in [6.07, 6.45) is 0. The molecular formula is C24H24N2O7. The number of non-ortho nitro benzene ring substituents is 1. The van der Waals surface area contributed by atoms with Crippen molar-refractivity contribution in [2.24, 2.45) is 16.3 Å². The van der Waals surface area contributed by atoms with E-state index < -0.39 is 40.0 Å². The van der Waals surface area contributed by atoms with E-state index in [4.69, 9.17) is 9.47 Å². The fraction of sp³-hybridized carbons (Fsp3) is 0.333. The van der Waals surface area contributed by atoms with Crippen LogP contribution >= 0.6 is 0 Å². The Hall–Kier alpha value is -3.88. The topological polar surface area (TPSA) is 125 Å². The van der Waals surface area contributed by atoms with Crippen molar-refractivity contribution in [1.29, 1.82) is 0 Å². The van der Waals surface area contributed by atoms with Gasteiger partial charge in [-0.05, 0) is 38.5 Å². The summed E-state index contributed by atoms with van der Waals surface area (Å²) in [5.74, 6) is -3.69. The molecule has 2 atom stereocenters. The number of ether oxygens (including phenoxy) is 2. The number of hydrogen-bond donors (Lipinski definition) is 0. The van der Waals surface area contributed by atoms with Crippen LogP contribution in [-0.2, 0) is 19.1 Å². The molecule has 0 spiro atoms. The third-order valence-electron chi connectivity index (χ3n) is 5.67. The average molecular weight is 452 g/mol. The monoisotopic (exact) mass is 452 g/mol. The first-order valence-corrected chi connectivity index (χ1v) is 10.5. The van der Waals surface area contributed by atoms with Gasteiger partial charge in [-0.15, -0.1) is 0 Å². The first kappa shape index (κ1) is 23.8. The highest BCUT2D eigenvalue weighted by molar-refractivity contribution is 6.26. The second kappa shape index (κ2) is 9.72. The third kappa shape index (κ3) is 4.13. The molecule has 0 aromatic heterocycles. The van der Waals surface area contributed by atoms with Gasteiger partial charge in [0.15, 0.2) is 5.78 Å². The molecule has 0 amide bonds. The molecule has 0 saturated carbocycles. The molecular weight excluding hydrogens is 428 g/mol. The Labute approximate surface area is 190 Å². The Balaban J connectivity index is 2.22. The van der Waals surface area contributed by atoms with Gasteiger partial charge in [0.25, 0.3) is 5.69 Å². The smallest absolute Gasteiger partial charge is 0.330 e. The van der Waals surface area contributed by atoms with Crippen LogP contribution in [0.15, 0.2) is 59.6 Å². The van der Waals surface area contributed by atoms with Crippen LogP contribution in [0.1, 0.15) is 42.7 Å². The number of carbonyl (C=O) groups is 3. The predicted octanol–water partition coefficient (Wildman–Crippen LogP) is 3.72. The number of nitro groups is 1. The molecule has 0 unspecified atom stereocenters. The van der Waals surface area contributed by atoms with E-state index >= 15 is 0 Å². The van der Waals surface area contributed by atoms with Crippen LogP contribution in [0.4, 0.5) is 5.69 Å². The lowest BCUT2D eigenvalue weighted by Gasteiger charge is -2.32. The second-order valence-electron chi connectivity index (χ2n) is 7.46. The maximum Gasteiger partial charge on any atom is 0.330 e. The maximum atomic E-state index is 13.8. The summed E-state index contributed by atoms with van der Waals surface area (Å²) in [4.78, 5) is 55.5. The molecule has 0 N–H and O–H groups in total. The normalized spacial score (nSPS) is 18.8. The van der Waals surface area contributed by atoms with Crippen LogP contribution in [0.3, 0.4) is 0 Å². The lowest BCUT2D eigenvalue weighted by Crippen LogP contribution is -2.53. The van der Waals surface area contributed by atoms with Gasteiger partial charge >= 0.3 is 11.9 Å². The minimum atomic E-state index is -2.08. The van der Waals surface area contributed by atoms with E-state index in [1.807, 2.05) is 0 Å². The highest BCUT2D eigenvalue weighted by Crippen LogP contribution is 2.50. The van der Waals surface area contributed by atoms with Crippen molar-refractivity contribution in [1.82, 2.24) is 0 Å². The number of hydrogen-bond acceptors (Lipinski definition) is 8. The molecule has 0 fully saturated rings. The molecule has 9 heteroatoms. The number of nitrogens with zero attached hydrogens (tertiary/aromatic N) is 2. The Morgan fingerprint density at radius 2 is 1.52 bits per heavy atom. The molecule has 0 aliphatic carbocycles. The number of Topliss-reactive ketones (excluding diaryl/α,β-unsaturated/α-hetero) is 1. The molecule has 1 aliphatic rings. The highest BCUT2D eigenvalue weighted by Gasteiger charge is 2.65. The van der Waals surface area contributed by atoms with Crippen molar-refractivity contribution in [3.63, 3.8) is 0 Å². The zero-order chi connectivity index (χ0) is 24.2. The fourth-order valence-electron chi connectivity index (χ4n) is 4.15. The number of aliphatic imine (C=N–C) groups is 1. The lowest BCUT2D eigenvalue weighted by molar-refractivity contribution is -0.384. The second-order valence-corrected chi connectivity index (χ2v) is 7.46. The number of benzene rings is 2. The first-order valence-electron chi connectivity index (χ1n) is 10.5. The maximum absolute atomic E-state index is 13.8. The number of esters is 2. The van der Waals surface area contributed by atoms with E-state index in [1.165, 1.54) is 31.2 Å². The quantitative estimate of drug-likeness (QED) is 0.196. The summed E-state index contributed by atoms with van der Waals surface area (Å²) in [7, 11) is 0. The molecule has 1 heterocycles. The van der Waals surface area contributed by atoms with Crippen LogP contribution in [0.5, 0.6) is 0 Å². The van der Waals surface area contributed by atoms with Gasteiger partial charge in [0.1, 0.15) is 0 Å². The van der Waals surface area contributed by atoms with E-state index in [9.17, 15) is 24.5 Å². The van der Waals surface area contributed by atoms with Crippen molar-refractivity contribution in [2.45, 2.75) is 26.8 Å². The summed E-state index contributed by atoms with van der Waals surface area (Å²) in [5, 5.41) is 11.0. The van der Waals surface area contributed by atoms with E-state index in [-0.39, 0.29) is 30.2 Å². The van der Waals surface area contributed by atoms with Gasteiger partial charge < -0.3 is 9.47 Å². The summed E-state index contributed by atoms with van der Waals surface area (Å²) in [6, 6.07) is 13.0. The van der Waals surface area contributed by atoms with Crippen molar-refractivity contribution in [3.05, 3.63) is 75.8 Å². The molecule has 172 valence electrons. The number of ketones is 1. The van der Waals surface area contributed by atoms with E-state index in [0.29, 0.717) is 5.56 Å². The Morgan fingerprint density at radius 3 is 2.00 bits per heavy atom. The van der Waals surface area contributed by atoms with Crippen molar-refractivity contribution in [3.8, 4) is 0 Å². The average Bonchev–Trinajstić information content (AvgIpc) is 3.13. The Kier molecular flexibility index (Phi) is 7.01. The van der Waals surface area contributed by atoms with Gasteiger partial charge in [-0.25, -0.2) is 0 Å². The minimum absolute atomic E-state index is 0.0122. The van der Waals surface area contributed by atoms with Crippen LogP contribution in [0.2, 0.25) is 0 Å². The fourth-order valence-corrected chi connectivity index (χ4v) is 4.15. The van der Waals surface area contributed by atoms with Gasteiger partial charge in [-0.3, -0.25) is 29.5 Å². The first-order chi connectivity index (χ1) is 15.8. The van der Waals surface area contributed by atoms with E-state index in [2.05, 4.69) is 4.99 Å². The van der Waals surface area contributed by atoms with Crippen molar-refractivity contribution in [2.75, 3.05) is 13.2 Å². The minimum Gasteiger partial charge on any atom is -0.465 e. The largest absolute Gasteiger partial charge is 0.465 e. The van der Waals surface area contributed by atoms with Crippen molar-refractivity contribution < 1.29 is 28.8 Å². The summed E-state index contributed by atoms with van der Waals surface area (Å²) in [6.45, 7) is 4.68. The van der Waals surface area contributed by atoms with Gasteiger partial charge in [0.05, 0.1) is 30.1 Å². The summed E-state index contributed by atoms with van der Waals surface area (Å²) >= 11 is 0. The molecule has 9 nitrogen and oxygen atoms in total. The van der Waals surface area contributed by atoms with Gasteiger partial charge in [-0.2, -0.15) is 0 Å².